The smallest absolute Gasteiger partial charge is 0.233 e. The van der Waals surface area contributed by atoms with Gasteiger partial charge < -0.3 is 5.32 Å². The molecule has 5 heteroatoms. The summed E-state index contributed by atoms with van der Waals surface area (Å²) < 4.78 is 27.1. The van der Waals surface area contributed by atoms with Crippen molar-refractivity contribution in [2.24, 2.45) is 5.92 Å². The minimum absolute atomic E-state index is 0.200. The van der Waals surface area contributed by atoms with Gasteiger partial charge >= 0.3 is 0 Å². The molecule has 1 aliphatic rings. The second kappa shape index (κ2) is 6.59. The van der Waals surface area contributed by atoms with Crippen LogP contribution >= 0.6 is 0 Å². The SMILES string of the molecule is CC(C)c1cccc(NS(=O)(=O)CC2CCCNC2)c1. The van der Waals surface area contributed by atoms with Crippen molar-refractivity contribution in [3.63, 3.8) is 0 Å². The summed E-state index contributed by atoms with van der Waals surface area (Å²) in [5, 5.41) is 3.25. The van der Waals surface area contributed by atoms with Gasteiger partial charge in [-0.15, -0.1) is 0 Å². The minimum atomic E-state index is -3.27. The predicted octanol–water partition coefficient (Wildman–Crippen LogP) is 2.55. The summed E-state index contributed by atoms with van der Waals surface area (Å²) in [6.07, 6.45) is 2.04. The summed E-state index contributed by atoms with van der Waals surface area (Å²) in [7, 11) is -3.27. The largest absolute Gasteiger partial charge is 0.316 e. The fourth-order valence-corrected chi connectivity index (χ4v) is 4.03. The highest BCUT2D eigenvalue weighted by molar-refractivity contribution is 7.92. The van der Waals surface area contributed by atoms with E-state index < -0.39 is 10.0 Å². The Hall–Kier alpha value is -1.07. The average Bonchev–Trinajstić information content (AvgIpc) is 2.39. The van der Waals surface area contributed by atoms with Crippen molar-refractivity contribution in [1.29, 1.82) is 0 Å². The first-order valence-electron chi connectivity index (χ1n) is 7.27. The first-order valence-corrected chi connectivity index (χ1v) is 8.92. The van der Waals surface area contributed by atoms with Gasteiger partial charge in [0, 0.05) is 5.69 Å². The maximum absolute atomic E-state index is 12.2. The molecule has 112 valence electrons. The molecule has 0 bridgehead atoms. The lowest BCUT2D eigenvalue weighted by atomic mass is 10.0. The number of anilines is 1. The summed E-state index contributed by atoms with van der Waals surface area (Å²) in [4.78, 5) is 0. The van der Waals surface area contributed by atoms with Crippen LogP contribution in [0.1, 0.15) is 38.2 Å². The molecule has 0 saturated carbocycles. The van der Waals surface area contributed by atoms with Crippen molar-refractivity contribution in [2.75, 3.05) is 23.6 Å². The number of hydrogen-bond donors (Lipinski definition) is 2. The van der Waals surface area contributed by atoms with Gasteiger partial charge in [0.15, 0.2) is 0 Å². The number of sulfonamides is 1. The number of piperidine rings is 1. The number of benzene rings is 1. The molecule has 4 nitrogen and oxygen atoms in total. The van der Waals surface area contributed by atoms with Crippen LogP contribution < -0.4 is 10.0 Å². The van der Waals surface area contributed by atoms with Gasteiger partial charge in [-0.1, -0.05) is 26.0 Å². The molecule has 0 radical (unpaired) electrons. The minimum Gasteiger partial charge on any atom is -0.316 e. The Morgan fingerprint density at radius 2 is 2.20 bits per heavy atom. The van der Waals surface area contributed by atoms with Gasteiger partial charge in [0.05, 0.1) is 5.75 Å². The van der Waals surface area contributed by atoms with Crippen LogP contribution in [0.5, 0.6) is 0 Å². The lowest BCUT2D eigenvalue weighted by molar-refractivity contribution is 0.404. The fraction of sp³-hybridized carbons (Fsp3) is 0.600. The molecule has 0 amide bonds. The molecule has 1 heterocycles. The van der Waals surface area contributed by atoms with E-state index in [1.807, 2.05) is 24.3 Å². The molecule has 1 aromatic carbocycles. The van der Waals surface area contributed by atoms with Gasteiger partial charge in [-0.05, 0) is 55.5 Å². The van der Waals surface area contributed by atoms with Crippen molar-refractivity contribution >= 4 is 15.7 Å². The maximum Gasteiger partial charge on any atom is 0.233 e. The van der Waals surface area contributed by atoms with Crippen LogP contribution in [0, 0.1) is 5.92 Å². The van der Waals surface area contributed by atoms with Crippen LogP contribution in [0.4, 0.5) is 5.69 Å². The van der Waals surface area contributed by atoms with Crippen LogP contribution in [0.2, 0.25) is 0 Å². The van der Waals surface area contributed by atoms with E-state index in [1.165, 1.54) is 0 Å². The molecule has 1 atom stereocenters. The molecular weight excluding hydrogens is 272 g/mol. The molecule has 1 fully saturated rings. The second-order valence-electron chi connectivity index (χ2n) is 5.88. The van der Waals surface area contributed by atoms with E-state index in [4.69, 9.17) is 0 Å². The summed E-state index contributed by atoms with van der Waals surface area (Å²) in [5.74, 6) is 0.808. The quantitative estimate of drug-likeness (QED) is 0.878. The molecular formula is C15H24N2O2S. The average molecular weight is 296 g/mol. The molecule has 1 unspecified atom stereocenters. The topological polar surface area (TPSA) is 58.2 Å². The number of hydrogen-bond acceptors (Lipinski definition) is 3. The van der Waals surface area contributed by atoms with Crippen LogP contribution in [0.3, 0.4) is 0 Å². The second-order valence-corrected chi connectivity index (χ2v) is 7.64. The monoisotopic (exact) mass is 296 g/mol. The third kappa shape index (κ3) is 4.49. The molecule has 0 aliphatic carbocycles. The summed E-state index contributed by atoms with van der Waals surface area (Å²) >= 11 is 0. The molecule has 20 heavy (non-hydrogen) atoms. The molecule has 1 aliphatic heterocycles. The number of nitrogens with one attached hydrogen (secondary N) is 2. The Kier molecular flexibility index (Phi) is 5.05. The summed E-state index contributed by atoms with van der Waals surface area (Å²) in [6.45, 7) is 6.00. The lowest BCUT2D eigenvalue weighted by Gasteiger charge is -2.22. The number of rotatable bonds is 5. The van der Waals surface area contributed by atoms with Crippen LogP contribution in [0.15, 0.2) is 24.3 Å². The van der Waals surface area contributed by atoms with Gasteiger partial charge in [0.1, 0.15) is 0 Å². The molecule has 1 aromatic rings. The third-order valence-corrected chi connectivity index (χ3v) is 5.14. The Bertz CT molecular complexity index is 535. The highest BCUT2D eigenvalue weighted by Gasteiger charge is 2.21. The van der Waals surface area contributed by atoms with Crippen molar-refractivity contribution in [1.82, 2.24) is 5.32 Å². The summed E-state index contributed by atoms with van der Waals surface area (Å²) in [5.41, 5.74) is 1.81. The molecule has 0 aromatic heterocycles. The zero-order valence-electron chi connectivity index (χ0n) is 12.2. The van der Waals surface area contributed by atoms with E-state index in [1.54, 1.807) is 0 Å². The first-order chi connectivity index (χ1) is 9.46. The Balaban J connectivity index is 2.02. The molecule has 1 saturated heterocycles. The zero-order chi connectivity index (χ0) is 14.6. The van der Waals surface area contributed by atoms with Crippen LogP contribution in [0.25, 0.3) is 0 Å². The standard InChI is InChI=1S/C15H24N2O2S/c1-12(2)14-6-3-7-15(9-14)17-20(18,19)11-13-5-4-8-16-10-13/h3,6-7,9,12-13,16-17H,4-5,8,10-11H2,1-2H3. The summed E-state index contributed by atoms with van der Waals surface area (Å²) in [6, 6.07) is 7.65. The van der Waals surface area contributed by atoms with E-state index in [-0.39, 0.29) is 11.7 Å². The van der Waals surface area contributed by atoms with E-state index in [9.17, 15) is 8.42 Å². The van der Waals surface area contributed by atoms with Gasteiger partial charge in [-0.25, -0.2) is 8.42 Å². The Morgan fingerprint density at radius 3 is 2.85 bits per heavy atom. The normalized spacial score (nSPS) is 20.1. The zero-order valence-corrected chi connectivity index (χ0v) is 13.0. The van der Waals surface area contributed by atoms with Gasteiger partial charge in [-0.2, -0.15) is 0 Å². The van der Waals surface area contributed by atoms with E-state index in [2.05, 4.69) is 23.9 Å². The van der Waals surface area contributed by atoms with Gasteiger partial charge in [0.2, 0.25) is 10.0 Å². The Labute approximate surface area is 122 Å². The van der Waals surface area contributed by atoms with Crippen molar-refractivity contribution < 1.29 is 8.42 Å². The Morgan fingerprint density at radius 1 is 1.40 bits per heavy atom. The fourth-order valence-electron chi connectivity index (χ4n) is 2.56. The highest BCUT2D eigenvalue weighted by Crippen LogP contribution is 2.20. The van der Waals surface area contributed by atoms with Gasteiger partial charge in [0.25, 0.3) is 0 Å². The maximum atomic E-state index is 12.2. The molecule has 0 spiro atoms. The van der Waals surface area contributed by atoms with Crippen molar-refractivity contribution in [3.05, 3.63) is 29.8 Å². The first kappa shape index (κ1) is 15.3. The third-order valence-electron chi connectivity index (χ3n) is 3.68. The lowest BCUT2D eigenvalue weighted by Crippen LogP contribution is -2.35. The van der Waals surface area contributed by atoms with Gasteiger partial charge in [-0.3, -0.25) is 4.72 Å². The van der Waals surface area contributed by atoms with Crippen molar-refractivity contribution in [3.8, 4) is 0 Å². The van der Waals surface area contributed by atoms with E-state index >= 15 is 0 Å². The van der Waals surface area contributed by atoms with Crippen LogP contribution in [-0.4, -0.2) is 27.3 Å². The predicted molar refractivity (Wildman–Crippen MR) is 83.5 cm³/mol. The van der Waals surface area contributed by atoms with Crippen molar-refractivity contribution in [2.45, 2.75) is 32.6 Å². The van der Waals surface area contributed by atoms with Crippen LogP contribution in [-0.2, 0) is 10.0 Å². The highest BCUT2D eigenvalue weighted by atomic mass is 32.2. The van der Waals surface area contributed by atoms with E-state index in [0.717, 1.165) is 31.5 Å². The van der Waals surface area contributed by atoms with E-state index in [0.29, 0.717) is 11.6 Å². The molecule has 2 N–H and O–H groups in total. The molecule has 2 rings (SSSR count).